The summed E-state index contributed by atoms with van der Waals surface area (Å²) in [5, 5.41) is 14.6. The number of ether oxygens (including phenoxy) is 1. The highest BCUT2D eigenvalue weighted by molar-refractivity contribution is 5.72. The fraction of sp³-hybridized carbons (Fsp3) is 0.333. The Hall–Kier alpha value is -2.94. The Kier molecular flexibility index (Phi) is 5.02. The molecule has 0 saturated carbocycles. The minimum atomic E-state index is -0.985. The number of hydrogen-bond donors (Lipinski definition) is 3. The van der Waals surface area contributed by atoms with Crippen LogP contribution in [-0.4, -0.2) is 58.9 Å². The van der Waals surface area contributed by atoms with Gasteiger partial charge in [-0.15, -0.1) is 0 Å². The van der Waals surface area contributed by atoms with E-state index in [0.717, 1.165) is 5.69 Å². The van der Waals surface area contributed by atoms with E-state index in [4.69, 9.17) is 9.84 Å². The molecule has 0 amide bonds. The van der Waals surface area contributed by atoms with E-state index >= 15 is 0 Å². The van der Waals surface area contributed by atoms with Crippen molar-refractivity contribution < 1.29 is 14.6 Å². The predicted molar refractivity (Wildman–Crippen MR) is 88.7 cm³/mol. The third kappa shape index (κ3) is 4.29. The third-order valence-corrected chi connectivity index (χ3v) is 3.35. The van der Waals surface area contributed by atoms with E-state index < -0.39 is 5.97 Å². The van der Waals surface area contributed by atoms with Crippen LogP contribution in [0.25, 0.3) is 0 Å². The number of benzene rings is 1. The first-order valence-electron chi connectivity index (χ1n) is 7.57. The molecule has 3 N–H and O–H groups in total. The minimum absolute atomic E-state index is 0.215. The first kappa shape index (κ1) is 15.9. The van der Waals surface area contributed by atoms with Gasteiger partial charge >= 0.3 is 5.97 Å². The molecule has 2 aromatic rings. The summed E-state index contributed by atoms with van der Waals surface area (Å²) in [5.41, 5.74) is 0.834. The zero-order valence-corrected chi connectivity index (χ0v) is 13.0. The summed E-state index contributed by atoms with van der Waals surface area (Å²) in [7, 11) is 0. The lowest BCUT2D eigenvalue weighted by Crippen LogP contribution is -2.37. The fourth-order valence-corrected chi connectivity index (χ4v) is 2.21. The lowest BCUT2D eigenvalue weighted by molar-refractivity contribution is -0.134. The summed E-state index contributed by atoms with van der Waals surface area (Å²) in [6.45, 7) is 2.29. The van der Waals surface area contributed by atoms with Crippen LogP contribution in [0.15, 0.2) is 30.3 Å². The van der Waals surface area contributed by atoms with Crippen LogP contribution in [-0.2, 0) is 9.53 Å². The van der Waals surface area contributed by atoms with E-state index in [-0.39, 0.29) is 12.5 Å². The number of morpholine rings is 1. The molecule has 1 saturated heterocycles. The molecule has 0 radical (unpaired) electrons. The monoisotopic (exact) mass is 330 g/mol. The summed E-state index contributed by atoms with van der Waals surface area (Å²) in [4.78, 5) is 25.7. The zero-order chi connectivity index (χ0) is 16.8. The van der Waals surface area contributed by atoms with Crippen molar-refractivity contribution in [2.45, 2.75) is 0 Å². The van der Waals surface area contributed by atoms with E-state index in [2.05, 4.69) is 25.6 Å². The molecule has 2 heterocycles. The van der Waals surface area contributed by atoms with Crippen LogP contribution in [0.4, 0.5) is 23.5 Å². The number of hydrogen-bond acceptors (Lipinski definition) is 8. The van der Waals surface area contributed by atoms with Crippen LogP contribution in [0, 0.1) is 0 Å². The molecular weight excluding hydrogens is 312 g/mol. The molecule has 3 rings (SSSR count). The lowest BCUT2D eigenvalue weighted by atomic mass is 10.3. The summed E-state index contributed by atoms with van der Waals surface area (Å²) >= 11 is 0. The number of aliphatic carboxylic acids is 1. The summed E-state index contributed by atoms with van der Waals surface area (Å²) in [6, 6.07) is 9.49. The van der Waals surface area contributed by atoms with E-state index in [0.29, 0.717) is 38.2 Å². The van der Waals surface area contributed by atoms with Gasteiger partial charge in [-0.2, -0.15) is 15.0 Å². The Labute approximate surface area is 138 Å². The van der Waals surface area contributed by atoms with Gasteiger partial charge < -0.3 is 25.4 Å². The van der Waals surface area contributed by atoms with Crippen molar-refractivity contribution in [1.29, 1.82) is 0 Å². The maximum atomic E-state index is 10.8. The first-order chi connectivity index (χ1) is 11.7. The predicted octanol–water partition coefficient (Wildman–Crippen LogP) is 0.948. The van der Waals surface area contributed by atoms with Crippen LogP contribution in [0.3, 0.4) is 0 Å². The van der Waals surface area contributed by atoms with E-state index in [1.807, 2.05) is 35.2 Å². The first-order valence-corrected chi connectivity index (χ1v) is 7.57. The number of nitrogens with one attached hydrogen (secondary N) is 2. The van der Waals surface area contributed by atoms with Crippen LogP contribution in [0.5, 0.6) is 0 Å². The molecule has 0 aliphatic carbocycles. The molecular formula is C15H18N6O3. The normalized spacial score (nSPS) is 14.2. The van der Waals surface area contributed by atoms with Gasteiger partial charge in [0.05, 0.1) is 13.2 Å². The number of nitrogens with zero attached hydrogens (tertiary/aromatic N) is 4. The largest absolute Gasteiger partial charge is 0.480 e. The second-order valence-electron chi connectivity index (χ2n) is 5.12. The number of anilines is 4. The van der Waals surface area contributed by atoms with Gasteiger partial charge in [0.15, 0.2) is 0 Å². The number of rotatable bonds is 6. The van der Waals surface area contributed by atoms with Crippen molar-refractivity contribution in [2.75, 3.05) is 48.4 Å². The van der Waals surface area contributed by atoms with E-state index in [9.17, 15) is 4.79 Å². The minimum Gasteiger partial charge on any atom is -0.480 e. The Balaban J connectivity index is 1.85. The van der Waals surface area contributed by atoms with Crippen LogP contribution >= 0.6 is 0 Å². The molecule has 9 nitrogen and oxygen atoms in total. The maximum absolute atomic E-state index is 10.8. The molecule has 0 unspecified atom stereocenters. The molecule has 0 bridgehead atoms. The lowest BCUT2D eigenvalue weighted by Gasteiger charge is -2.27. The Morgan fingerprint density at radius 3 is 2.54 bits per heavy atom. The number of carboxylic acid groups (broad SMARTS) is 1. The highest BCUT2D eigenvalue weighted by Crippen LogP contribution is 2.18. The van der Waals surface area contributed by atoms with Crippen LogP contribution in [0.1, 0.15) is 0 Å². The molecule has 0 spiro atoms. The van der Waals surface area contributed by atoms with Gasteiger partial charge in [-0.1, -0.05) is 18.2 Å². The van der Waals surface area contributed by atoms with Crippen molar-refractivity contribution in [2.24, 2.45) is 0 Å². The molecule has 1 aromatic heterocycles. The summed E-state index contributed by atoms with van der Waals surface area (Å²) < 4.78 is 5.33. The van der Waals surface area contributed by atoms with Crippen molar-refractivity contribution in [1.82, 2.24) is 15.0 Å². The standard InChI is InChI=1S/C15H18N6O3/c22-12(23)10-16-13-18-14(17-11-4-2-1-3-5-11)20-15(19-13)21-6-8-24-9-7-21/h1-5H,6-10H2,(H,22,23)(H2,16,17,18,19,20). The highest BCUT2D eigenvalue weighted by atomic mass is 16.5. The number of para-hydroxylation sites is 1. The Morgan fingerprint density at radius 1 is 1.12 bits per heavy atom. The molecule has 9 heteroatoms. The van der Waals surface area contributed by atoms with Gasteiger partial charge in [-0.3, -0.25) is 4.79 Å². The molecule has 1 aliphatic heterocycles. The van der Waals surface area contributed by atoms with Crippen LogP contribution in [0.2, 0.25) is 0 Å². The van der Waals surface area contributed by atoms with Gasteiger partial charge in [0.1, 0.15) is 6.54 Å². The van der Waals surface area contributed by atoms with E-state index in [1.165, 1.54) is 0 Å². The molecule has 24 heavy (non-hydrogen) atoms. The number of carbonyl (C=O) groups is 1. The number of carboxylic acids is 1. The van der Waals surface area contributed by atoms with Crippen molar-refractivity contribution in [3.63, 3.8) is 0 Å². The molecule has 0 atom stereocenters. The zero-order valence-electron chi connectivity index (χ0n) is 13.0. The van der Waals surface area contributed by atoms with Gasteiger partial charge in [-0.05, 0) is 12.1 Å². The molecule has 1 fully saturated rings. The Morgan fingerprint density at radius 2 is 1.83 bits per heavy atom. The topological polar surface area (TPSA) is 112 Å². The fourth-order valence-electron chi connectivity index (χ4n) is 2.21. The highest BCUT2D eigenvalue weighted by Gasteiger charge is 2.17. The SMILES string of the molecule is O=C(O)CNc1nc(Nc2ccccc2)nc(N2CCOCC2)n1. The molecule has 1 aromatic carbocycles. The van der Waals surface area contributed by atoms with Gasteiger partial charge in [0.25, 0.3) is 0 Å². The molecule has 126 valence electrons. The number of aromatic nitrogens is 3. The van der Waals surface area contributed by atoms with Crippen molar-refractivity contribution in [3.05, 3.63) is 30.3 Å². The second kappa shape index (κ2) is 7.55. The average Bonchev–Trinajstić information content (AvgIpc) is 2.61. The van der Waals surface area contributed by atoms with Gasteiger partial charge in [0, 0.05) is 18.8 Å². The van der Waals surface area contributed by atoms with Crippen LogP contribution < -0.4 is 15.5 Å². The van der Waals surface area contributed by atoms with Crippen molar-refractivity contribution >= 4 is 29.5 Å². The second-order valence-corrected chi connectivity index (χ2v) is 5.12. The Bertz CT molecular complexity index is 691. The average molecular weight is 330 g/mol. The summed E-state index contributed by atoms with van der Waals surface area (Å²) in [6.07, 6.45) is 0. The maximum Gasteiger partial charge on any atom is 0.322 e. The van der Waals surface area contributed by atoms with Crippen molar-refractivity contribution in [3.8, 4) is 0 Å². The van der Waals surface area contributed by atoms with E-state index in [1.54, 1.807) is 0 Å². The quantitative estimate of drug-likeness (QED) is 0.712. The smallest absolute Gasteiger partial charge is 0.322 e. The van der Waals surface area contributed by atoms with Gasteiger partial charge in [0.2, 0.25) is 17.8 Å². The third-order valence-electron chi connectivity index (χ3n) is 3.35. The summed E-state index contributed by atoms with van der Waals surface area (Å²) in [5.74, 6) is 0.0680. The molecule has 1 aliphatic rings. The van der Waals surface area contributed by atoms with Gasteiger partial charge in [-0.25, -0.2) is 0 Å².